The van der Waals surface area contributed by atoms with Crippen LogP contribution in [0.5, 0.6) is 0 Å². The zero-order valence-corrected chi connectivity index (χ0v) is 13.8. The molecule has 1 N–H and O–H groups in total. The number of nitrogens with one attached hydrogen (secondary N) is 1. The van der Waals surface area contributed by atoms with E-state index in [2.05, 4.69) is 5.32 Å². The second-order valence-electron chi connectivity index (χ2n) is 5.29. The van der Waals surface area contributed by atoms with Gasteiger partial charge in [0, 0.05) is 24.2 Å². The Kier molecular flexibility index (Phi) is 4.50. The van der Waals surface area contributed by atoms with E-state index < -0.39 is 10.8 Å². The fourth-order valence-electron chi connectivity index (χ4n) is 2.37. The Hall–Kier alpha value is -2.45. The average Bonchev–Trinajstić information content (AvgIpc) is 2.99. The first-order valence-corrected chi connectivity index (χ1v) is 8.29. The number of nitro benzene ring substituents is 1. The zero-order valence-electron chi connectivity index (χ0n) is 12.3. The van der Waals surface area contributed by atoms with Crippen LogP contribution in [-0.2, 0) is 4.79 Å². The van der Waals surface area contributed by atoms with Crippen molar-refractivity contribution in [1.82, 2.24) is 4.90 Å². The van der Waals surface area contributed by atoms with Crippen molar-refractivity contribution in [2.45, 2.75) is 0 Å². The molecule has 3 rings (SSSR count). The summed E-state index contributed by atoms with van der Waals surface area (Å²) in [4.78, 5) is 36.9. The zero-order chi connectivity index (χ0) is 17.3. The summed E-state index contributed by atoms with van der Waals surface area (Å²) in [6.45, 7) is 0.577. The van der Waals surface area contributed by atoms with Crippen molar-refractivity contribution in [3.8, 4) is 0 Å². The molecule has 2 amide bonds. The largest absolute Gasteiger partial charge is 0.336 e. The fourth-order valence-corrected chi connectivity index (χ4v) is 3.23. The summed E-state index contributed by atoms with van der Waals surface area (Å²) in [7, 11) is 0. The van der Waals surface area contributed by atoms with E-state index in [4.69, 9.17) is 11.6 Å². The lowest BCUT2D eigenvalue weighted by atomic mass is 9.98. The Labute approximate surface area is 146 Å². The van der Waals surface area contributed by atoms with E-state index in [1.54, 1.807) is 17.0 Å². The van der Waals surface area contributed by atoms with Gasteiger partial charge in [-0.2, -0.15) is 0 Å². The van der Waals surface area contributed by atoms with Crippen molar-refractivity contribution in [3.63, 3.8) is 0 Å². The van der Waals surface area contributed by atoms with Gasteiger partial charge in [0.25, 0.3) is 11.6 Å². The standard InChI is InChI=1S/C15H12ClN3O4S/c16-10-3-4-12(19(22)23)11(6-10)17-14(20)9-7-18(8-9)15(21)13-2-1-5-24-13/h1-6,9H,7-8H2,(H,17,20). The lowest BCUT2D eigenvalue weighted by Crippen LogP contribution is -2.54. The number of hydrogen-bond donors (Lipinski definition) is 1. The first-order valence-electron chi connectivity index (χ1n) is 7.03. The number of likely N-dealkylation sites (tertiary alicyclic amines) is 1. The molecule has 1 aliphatic rings. The molecule has 124 valence electrons. The average molecular weight is 366 g/mol. The van der Waals surface area contributed by atoms with Crippen LogP contribution >= 0.6 is 22.9 Å². The summed E-state index contributed by atoms with van der Waals surface area (Å²) in [6.07, 6.45) is 0. The van der Waals surface area contributed by atoms with Gasteiger partial charge in [-0.1, -0.05) is 17.7 Å². The molecule has 24 heavy (non-hydrogen) atoms. The van der Waals surface area contributed by atoms with Gasteiger partial charge < -0.3 is 10.2 Å². The molecular formula is C15H12ClN3O4S. The van der Waals surface area contributed by atoms with Gasteiger partial charge in [0.1, 0.15) is 5.69 Å². The van der Waals surface area contributed by atoms with Gasteiger partial charge in [0.2, 0.25) is 5.91 Å². The van der Waals surface area contributed by atoms with Crippen LogP contribution in [0, 0.1) is 16.0 Å². The van der Waals surface area contributed by atoms with Crippen LogP contribution in [0.15, 0.2) is 35.7 Å². The highest BCUT2D eigenvalue weighted by atomic mass is 35.5. The highest BCUT2D eigenvalue weighted by Crippen LogP contribution is 2.29. The van der Waals surface area contributed by atoms with E-state index in [1.165, 1.54) is 29.5 Å². The summed E-state index contributed by atoms with van der Waals surface area (Å²) in [5.74, 6) is -0.870. The van der Waals surface area contributed by atoms with Crippen molar-refractivity contribution >= 4 is 46.1 Å². The molecule has 0 unspecified atom stereocenters. The van der Waals surface area contributed by atoms with Gasteiger partial charge in [0.15, 0.2) is 0 Å². The number of nitro groups is 1. The van der Waals surface area contributed by atoms with Crippen LogP contribution < -0.4 is 5.32 Å². The van der Waals surface area contributed by atoms with Crippen LogP contribution in [0.2, 0.25) is 5.02 Å². The van der Waals surface area contributed by atoms with Crippen LogP contribution in [0.4, 0.5) is 11.4 Å². The second kappa shape index (κ2) is 6.58. The fraction of sp³-hybridized carbons (Fsp3) is 0.200. The van der Waals surface area contributed by atoms with Crippen molar-refractivity contribution in [1.29, 1.82) is 0 Å². The number of thiophene rings is 1. The molecule has 2 heterocycles. The molecule has 2 aromatic rings. The minimum absolute atomic E-state index is 0.0560. The Bertz CT molecular complexity index is 803. The number of amides is 2. The number of hydrogen-bond acceptors (Lipinski definition) is 5. The quantitative estimate of drug-likeness (QED) is 0.665. The van der Waals surface area contributed by atoms with Crippen LogP contribution in [0.3, 0.4) is 0 Å². The molecule has 1 fully saturated rings. The summed E-state index contributed by atoms with van der Waals surface area (Å²) in [5.41, 5.74) is -0.167. The Balaban J connectivity index is 1.63. The van der Waals surface area contributed by atoms with Gasteiger partial charge in [0.05, 0.1) is 15.7 Å². The molecular weight excluding hydrogens is 354 g/mol. The highest BCUT2D eigenvalue weighted by Gasteiger charge is 2.36. The third-order valence-corrected chi connectivity index (χ3v) is 4.78. The minimum atomic E-state index is -0.584. The molecule has 0 atom stereocenters. The smallest absolute Gasteiger partial charge is 0.292 e. The van der Waals surface area contributed by atoms with Gasteiger partial charge in [-0.25, -0.2) is 0 Å². The monoisotopic (exact) mass is 365 g/mol. The first kappa shape index (κ1) is 16.4. The van der Waals surface area contributed by atoms with Crippen LogP contribution in [0.25, 0.3) is 0 Å². The summed E-state index contributed by atoms with van der Waals surface area (Å²) in [5, 5.41) is 15.6. The normalized spacial score (nSPS) is 14.1. The first-order chi connectivity index (χ1) is 11.5. The maximum Gasteiger partial charge on any atom is 0.292 e. The number of anilines is 1. The topological polar surface area (TPSA) is 92.5 Å². The predicted octanol–water partition coefficient (Wildman–Crippen LogP) is 3.02. The van der Waals surface area contributed by atoms with E-state index >= 15 is 0 Å². The minimum Gasteiger partial charge on any atom is -0.336 e. The van der Waals surface area contributed by atoms with Crippen LogP contribution in [-0.4, -0.2) is 34.7 Å². The van der Waals surface area contributed by atoms with Gasteiger partial charge >= 0.3 is 0 Å². The van der Waals surface area contributed by atoms with Gasteiger partial charge in [-0.3, -0.25) is 19.7 Å². The molecule has 1 aromatic heterocycles. The number of carbonyl (C=O) groups is 2. The number of rotatable bonds is 4. The van der Waals surface area contributed by atoms with E-state index in [0.717, 1.165) is 0 Å². The molecule has 9 heteroatoms. The van der Waals surface area contributed by atoms with Crippen molar-refractivity contribution in [2.75, 3.05) is 18.4 Å². The third kappa shape index (κ3) is 3.24. The molecule has 1 saturated heterocycles. The summed E-state index contributed by atoms with van der Waals surface area (Å²) >= 11 is 7.17. The molecule has 0 radical (unpaired) electrons. The van der Waals surface area contributed by atoms with E-state index in [0.29, 0.717) is 9.90 Å². The van der Waals surface area contributed by atoms with E-state index in [1.807, 2.05) is 5.38 Å². The Morgan fingerprint density at radius 3 is 2.71 bits per heavy atom. The molecule has 7 nitrogen and oxygen atoms in total. The molecule has 0 saturated carbocycles. The summed E-state index contributed by atoms with van der Waals surface area (Å²) < 4.78 is 0. The van der Waals surface area contributed by atoms with Crippen LogP contribution in [0.1, 0.15) is 9.67 Å². The van der Waals surface area contributed by atoms with Gasteiger partial charge in [-0.05, 0) is 23.6 Å². The SMILES string of the molecule is O=C(Nc1cc(Cl)ccc1[N+](=O)[O-])C1CN(C(=O)c2cccs2)C1. The maximum atomic E-state index is 12.2. The van der Waals surface area contributed by atoms with Gasteiger partial charge in [-0.15, -0.1) is 11.3 Å². The number of nitrogens with zero attached hydrogens (tertiary/aromatic N) is 2. The third-order valence-electron chi connectivity index (χ3n) is 3.68. The molecule has 0 aliphatic carbocycles. The highest BCUT2D eigenvalue weighted by molar-refractivity contribution is 7.12. The van der Waals surface area contributed by atoms with Crippen molar-refractivity contribution in [2.24, 2.45) is 5.92 Å². The lowest BCUT2D eigenvalue weighted by Gasteiger charge is -2.37. The lowest BCUT2D eigenvalue weighted by molar-refractivity contribution is -0.383. The molecule has 1 aliphatic heterocycles. The molecule has 1 aromatic carbocycles. The Morgan fingerprint density at radius 1 is 1.33 bits per heavy atom. The maximum absolute atomic E-state index is 12.2. The molecule has 0 spiro atoms. The predicted molar refractivity (Wildman–Crippen MR) is 90.4 cm³/mol. The second-order valence-corrected chi connectivity index (χ2v) is 6.68. The number of carbonyl (C=O) groups excluding carboxylic acids is 2. The number of benzene rings is 1. The summed E-state index contributed by atoms with van der Waals surface area (Å²) in [6, 6.07) is 7.49. The van der Waals surface area contributed by atoms with Crippen molar-refractivity contribution in [3.05, 3.63) is 55.7 Å². The van der Waals surface area contributed by atoms with E-state index in [9.17, 15) is 19.7 Å². The number of halogens is 1. The van der Waals surface area contributed by atoms with Crippen molar-refractivity contribution < 1.29 is 14.5 Å². The van der Waals surface area contributed by atoms with E-state index in [-0.39, 0.29) is 36.3 Å². The molecule has 0 bridgehead atoms. The Morgan fingerprint density at radius 2 is 2.08 bits per heavy atom.